The van der Waals surface area contributed by atoms with E-state index in [1.165, 1.54) is 13.2 Å². The number of hydrogen-bond donors (Lipinski definition) is 0. The molecule has 3 rings (SSSR count). The Morgan fingerprint density at radius 3 is 2.71 bits per heavy atom. The van der Waals surface area contributed by atoms with Crippen LogP contribution in [0.1, 0.15) is 24.7 Å². The van der Waals surface area contributed by atoms with Gasteiger partial charge in [-0.25, -0.2) is 9.37 Å². The highest BCUT2D eigenvalue weighted by atomic mass is 35.5. The summed E-state index contributed by atoms with van der Waals surface area (Å²) in [6, 6.07) is 3.51. The highest BCUT2D eigenvalue weighted by Crippen LogP contribution is 2.32. The third-order valence-electron chi connectivity index (χ3n) is 4.21. The molecule has 0 bridgehead atoms. The van der Waals surface area contributed by atoms with E-state index in [1.807, 2.05) is 0 Å². The Bertz CT molecular complexity index is 650. The maximum atomic E-state index is 13.8. The van der Waals surface area contributed by atoms with Crippen molar-refractivity contribution in [3.05, 3.63) is 23.8 Å². The Labute approximate surface area is 128 Å². The number of nitrogens with zero attached hydrogens (tertiary/aromatic N) is 3. The summed E-state index contributed by atoms with van der Waals surface area (Å²) < 4.78 is 21.1. The van der Waals surface area contributed by atoms with Crippen LogP contribution in [-0.4, -0.2) is 41.7 Å². The molecule has 0 unspecified atom stereocenters. The number of methoxy groups -OCH3 is 1. The lowest BCUT2D eigenvalue weighted by Gasteiger charge is -2.31. The van der Waals surface area contributed by atoms with Gasteiger partial charge in [0.05, 0.1) is 24.0 Å². The average molecular weight is 312 g/mol. The second-order valence-electron chi connectivity index (χ2n) is 5.54. The van der Waals surface area contributed by atoms with E-state index in [-0.39, 0.29) is 11.6 Å². The number of aromatic nitrogens is 2. The molecule has 0 N–H and O–H groups in total. The number of ether oxygens (including phenoxy) is 1. The predicted molar refractivity (Wildman–Crippen MR) is 81.6 cm³/mol. The molecule has 114 valence electrons. The first kappa shape index (κ1) is 14.6. The molecule has 2 aromatic rings. The number of hydrogen-bond acceptors (Lipinski definition) is 3. The van der Waals surface area contributed by atoms with Gasteiger partial charge in [0.1, 0.15) is 5.82 Å². The largest absolute Gasteiger partial charge is 0.494 e. The van der Waals surface area contributed by atoms with Crippen molar-refractivity contribution >= 4 is 22.6 Å². The molecule has 0 aliphatic carbocycles. The van der Waals surface area contributed by atoms with E-state index >= 15 is 0 Å². The number of halogens is 2. The van der Waals surface area contributed by atoms with E-state index in [2.05, 4.69) is 21.5 Å². The number of benzene rings is 1. The lowest BCUT2D eigenvalue weighted by atomic mass is 10.0. The normalized spacial score (nSPS) is 17.5. The van der Waals surface area contributed by atoms with Crippen molar-refractivity contribution in [1.82, 2.24) is 14.5 Å². The molecule has 2 heterocycles. The summed E-state index contributed by atoms with van der Waals surface area (Å²) in [5, 5.41) is 0. The first-order chi connectivity index (χ1) is 10.1. The summed E-state index contributed by atoms with van der Waals surface area (Å²) >= 11 is 6.05. The average Bonchev–Trinajstić information content (AvgIpc) is 2.84. The number of fused-ring (bicyclic) bond motifs is 1. The Hall–Kier alpha value is -1.33. The molecule has 6 heteroatoms. The molecule has 0 amide bonds. The molecule has 1 aliphatic heterocycles. The SMILES string of the molecule is COc1cc2c(cc1F)nc(CCl)n2C1CCN(C)CC1. The summed E-state index contributed by atoms with van der Waals surface area (Å²) in [6.45, 7) is 2.09. The molecule has 21 heavy (non-hydrogen) atoms. The number of piperidine rings is 1. The quantitative estimate of drug-likeness (QED) is 0.816. The van der Waals surface area contributed by atoms with Crippen molar-refractivity contribution in [2.75, 3.05) is 27.2 Å². The molecule has 0 spiro atoms. The molecule has 1 fully saturated rings. The monoisotopic (exact) mass is 311 g/mol. The van der Waals surface area contributed by atoms with Crippen LogP contribution in [0.4, 0.5) is 4.39 Å². The molecule has 1 aliphatic rings. The number of imidazole rings is 1. The topological polar surface area (TPSA) is 30.3 Å². The highest BCUT2D eigenvalue weighted by molar-refractivity contribution is 6.16. The summed E-state index contributed by atoms with van der Waals surface area (Å²) in [5.41, 5.74) is 1.54. The zero-order valence-corrected chi connectivity index (χ0v) is 13.0. The molecule has 4 nitrogen and oxygen atoms in total. The highest BCUT2D eigenvalue weighted by Gasteiger charge is 2.23. The third kappa shape index (κ3) is 2.60. The fourth-order valence-electron chi connectivity index (χ4n) is 3.06. The zero-order chi connectivity index (χ0) is 15.0. The molecule has 0 atom stereocenters. The molecular formula is C15H19ClFN3O. The van der Waals surface area contributed by atoms with Gasteiger partial charge in [-0.05, 0) is 33.0 Å². The van der Waals surface area contributed by atoms with Crippen LogP contribution in [0.5, 0.6) is 5.75 Å². The van der Waals surface area contributed by atoms with Gasteiger partial charge >= 0.3 is 0 Å². The van der Waals surface area contributed by atoms with Gasteiger partial charge in [0.25, 0.3) is 0 Å². The zero-order valence-electron chi connectivity index (χ0n) is 12.3. The van der Waals surface area contributed by atoms with Crippen molar-refractivity contribution in [1.29, 1.82) is 0 Å². The second-order valence-corrected chi connectivity index (χ2v) is 5.81. The molecule has 0 radical (unpaired) electrons. The van der Waals surface area contributed by atoms with E-state index in [4.69, 9.17) is 16.3 Å². The van der Waals surface area contributed by atoms with Crippen LogP contribution in [0.2, 0.25) is 0 Å². The standard InChI is InChI=1S/C15H19ClFN3O/c1-19-5-3-10(4-6-19)20-13-8-14(21-2)11(17)7-12(13)18-15(20)9-16/h7-8,10H,3-6,9H2,1-2H3. The van der Waals surface area contributed by atoms with E-state index in [1.54, 1.807) is 6.07 Å². The lowest BCUT2D eigenvalue weighted by Crippen LogP contribution is -2.32. The van der Waals surface area contributed by atoms with Crippen LogP contribution in [-0.2, 0) is 5.88 Å². The first-order valence-corrected chi connectivity index (χ1v) is 7.66. The van der Waals surface area contributed by atoms with Crippen molar-refractivity contribution < 1.29 is 9.13 Å². The Morgan fingerprint density at radius 1 is 1.38 bits per heavy atom. The number of likely N-dealkylation sites (tertiary alicyclic amines) is 1. The maximum absolute atomic E-state index is 13.8. The van der Waals surface area contributed by atoms with E-state index in [9.17, 15) is 4.39 Å². The molecule has 1 aromatic heterocycles. The minimum Gasteiger partial charge on any atom is -0.494 e. The van der Waals surface area contributed by atoms with E-state index < -0.39 is 0 Å². The summed E-state index contributed by atoms with van der Waals surface area (Å²) in [6.07, 6.45) is 2.09. The number of rotatable bonds is 3. The fourth-order valence-corrected chi connectivity index (χ4v) is 3.25. The predicted octanol–water partition coefficient (Wildman–Crippen LogP) is 3.19. The summed E-state index contributed by atoms with van der Waals surface area (Å²) in [5.74, 6) is 0.982. The molecule has 0 saturated carbocycles. The van der Waals surface area contributed by atoms with E-state index in [0.29, 0.717) is 17.4 Å². The molecular weight excluding hydrogens is 293 g/mol. The first-order valence-electron chi connectivity index (χ1n) is 7.13. The fraction of sp³-hybridized carbons (Fsp3) is 0.533. The van der Waals surface area contributed by atoms with Gasteiger partial charge < -0.3 is 14.2 Å². The van der Waals surface area contributed by atoms with Crippen molar-refractivity contribution in [3.63, 3.8) is 0 Å². The lowest BCUT2D eigenvalue weighted by molar-refractivity contribution is 0.222. The van der Waals surface area contributed by atoms with Crippen molar-refractivity contribution in [2.45, 2.75) is 24.8 Å². The Morgan fingerprint density at radius 2 is 2.10 bits per heavy atom. The van der Waals surface area contributed by atoms with E-state index in [0.717, 1.165) is 37.3 Å². The van der Waals surface area contributed by atoms with Crippen LogP contribution in [0, 0.1) is 5.82 Å². The molecule has 1 saturated heterocycles. The second kappa shape index (κ2) is 5.81. The smallest absolute Gasteiger partial charge is 0.167 e. The summed E-state index contributed by atoms with van der Waals surface area (Å²) in [7, 11) is 3.60. The van der Waals surface area contributed by atoms with Crippen LogP contribution in [0.3, 0.4) is 0 Å². The maximum Gasteiger partial charge on any atom is 0.167 e. The van der Waals surface area contributed by atoms with Gasteiger partial charge in [-0.3, -0.25) is 0 Å². The van der Waals surface area contributed by atoms with Gasteiger partial charge in [0.15, 0.2) is 11.6 Å². The Kier molecular flexibility index (Phi) is 4.04. The minimum atomic E-state index is -0.390. The Balaban J connectivity index is 2.10. The van der Waals surface area contributed by atoms with Gasteiger partial charge in [-0.15, -0.1) is 11.6 Å². The van der Waals surface area contributed by atoms with Crippen LogP contribution in [0.15, 0.2) is 12.1 Å². The van der Waals surface area contributed by atoms with Crippen LogP contribution < -0.4 is 4.74 Å². The third-order valence-corrected chi connectivity index (χ3v) is 4.45. The van der Waals surface area contributed by atoms with Crippen LogP contribution in [0.25, 0.3) is 11.0 Å². The van der Waals surface area contributed by atoms with Crippen LogP contribution >= 0.6 is 11.6 Å². The number of alkyl halides is 1. The van der Waals surface area contributed by atoms with Gasteiger partial charge in [0.2, 0.25) is 0 Å². The van der Waals surface area contributed by atoms with Crippen molar-refractivity contribution in [3.8, 4) is 5.75 Å². The van der Waals surface area contributed by atoms with Crippen molar-refractivity contribution in [2.24, 2.45) is 0 Å². The van der Waals surface area contributed by atoms with Gasteiger partial charge in [-0.1, -0.05) is 0 Å². The van der Waals surface area contributed by atoms with Gasteiger partial charge in [0, 0.05) is 18.2 Å². The minimum absolute atomic E-state index is 0.248. The van der Waals surface area contributed by atoms with Gasteiger partial charge in [-0.2, -0.15) is 0 Å². The molecule has 1 aromatic carbocycles. The summed E-state index contributed by atoms with van der Waals surface area (Å²) in [4.78, 5) is 6.80.